The zero-order chi connectivity index (χ0) is 15.5. The average molecular weight is 337 g/mol. The lowest BCUT2D eigenvalue weighted by molar-refractivity contribution is 0.0952. The van der Waals surface area contributed by atoms with E-state index in [9.17, 15) is 4.79 Å². The molecular weight excluding hydrogens is 320 g/mol. The molecule has 1 aromatic heterocycles. The van der Waals surface area contributed by atoms with Gasteiger partial charge in [-0.05, 0) is 48.5 Å². The minimum Gasteiger partial charge on any atom is -0.371 e. The number of carbonyl (C=O) groups is 1. The van der Waals surface area contributed by atoms with Crippen LogP contribution in [0.15, 0.2) is 24.4 Å². The van der Waals surface area contributed by atoms with Crippen LogP contribution in [0, 0.1) is 12.8 Å². The van der Waals surface area contributed by atoms with E-state index in [-0.39, 0.29) is 5.91 Å². The summed E-state index contributed by atoms with van der Waals surface area (Å²) in [6.07, 6.45) is 2.56. The third kappa shape index (κ3) is 3.39. The second-order valence-electron chi connectivity index (χ2n) is 5.52. The van der Waals surface area contributed by atoms with Gasteiger partial charge in [-0.25, -0.2) is 0 Å². The van der Waals surface area contributed by atoms with Crippen molar-refractivity contribution in [2.75, 3.05) is 24.5 Å². The predicted octanol–water partition coefficient (Wildman–Crippen LogP) is 2.76. The largest absolute Gasteiger partial charge is 0.371 e. The number of nitrogens with one attached hydrogen (secondary N) is 1. The van der Waals surface area contributed by atoms with E-state index in [0.717, 1.165) is 36.1 Å². The van der Waals surface area contributed by atoms with Crippen molar-refractivity contribution < 1.29 is 4.79 Å². The van der Waals surface area contributed by atoms with Crippen LogP contribution in [0.1, 0.15) is 21.7 Å². The average Bonchev–Trinajstić information content (AvgIpc) is 3.18. The van der Waals surface area contributed by atoms with E-state index in [2.05, 4.69) is 26.7 Å². The van der Waals surface area contributed by atoms with Gasteiger partial charge in [0.25, 0.3) is 5.91 Å². The highest BCUT2D eigenvalue weighted by Crippen LogP contribution is 2.29. The highest BCUT2D eigenvalue weighted by molar-refractivity contribution is 7.07. The molecule has 1 amide bonds. The second-order valence-corrected chi connectivity index (χ2v) is 6.75. The smallest absolute Gasteiger partial charge is 0.264 e. The van der Waals surface area contributed by atoms with Crippen LogP contribution in [-0.2, 0) is 0 Å². The van der Waals surface area contributed by atoms with Gasteiger partial charge in [0.1, 0.15) is 4.88 Å². The summed E-state index contributed by atoms with van der Waals surface area (Å²) in [5.41, 5.74) is 2.41. The first-order valence-electron chi connectivity index (χ1n) is 7.20. The zero-order valence-corrected chi connectivity index (χ0v) is 13.8. The Balaban J connectivity index is 1.56. The minimum atomic E-state index is -0.0904. The molecule has 116 valence electrons. The molecule has 1 aromatic carbocycles. The molecule has 1 aliphatic rings. The lowest BCUT2D eigenvalue weighted by Gasteiger charge is -2.21. The number of carbonyl (C=O) groups excluding carboxylic acids is 1. The molecule has 0 radical (unpaired) electrons. The molecule has 0 bridgehead atoms. The molecule has 1 atom stereocenters. The molecule has 1 N–H and O–H groups in total. The Morgan fingerprint density at radius 3 is 3.18 bits per heavy atom. The van der Waals surface area contributed by atoms with Gasteiger partial charge >= 0.3 is 0 Å². The molecule has 0 saturated carbocycles. The van der Waals surface area contributed by atoms with Gasteiger partial charge in [-0.15, -0.1) is 5.10 Å². The summed E-state index contributed by atoms with van der Waals surface area (Å²) < 4.78 is 3.70. The van der Waals surface area contributed by atoms with Crippen molar-refractivity contribution in [3.8, 4) is 0 Å². The summed E-state index contributed by atoms with van der Waals surface area (Å²) in [5, 5.41) is 7.40. The molecule has 1 aliphatic heterocycles. The third-order valence-electron chi connectivity index (χ3n) is 3.93. The van der Waals surface area contributed by atoms with E-state index in [1.165, 1.54) is 17.4 Å². The summed E-state index contributed by atoms with van der Waals surface area (Å²) in [5.74, 6) is 0.357. The topological polar surface area (TPSA) is 58.1 Å². The molecule has 0 unspecified atom stereocenters. The van der Waals surface area contributed by atoms with Gasteiger partial charge in [-0.2, -0.15) is 0 Å². The van der Waals surface area contributed by atoms with Gasteiger partial charge in [0.05, 0.1) is 6.20 Å². The van der Waals surface area contributed by atoms with Crippen molar-refractivity contribution in [3.05, 3.63) is 39.9 Å². The first-order valence-corrected chi connectivity index (χ1v) is 8.35. The summed E-state index contributed by atoms with van der Waals surface area (Å²) in [4.78, 5) is 14.8. The number of benzene rings is 1. The van der Waals surface area contributed by atoms with Crippen LogP contribution in [0.5, 0.6) is 0 Å². The summed E-state index contributed by atoms with van der Waals surface area (Å²) in [7, 11) is 0. The van der Waals surface area contributed by atoms with Gasteiger partial charge < -0.3 is 10.2 Å². The molecule has 0 aliphatic carbocycles. The van der Waals surface area contributed by atoms with Crippen molar-refractivity contribution >= 4 is 34.7 Å². The van der Waals surface area contributed by atoms with Crippen molar-refractivity contribution in [1.29, 1.82) is 0 Å². The maximum absolute atomic E-state index is 11.9. The Kier molecular flexibility index (Phi) is 4.59. The molecule has 5 nitrogen and oxygen atoms in total. The summed E-state index contributed by atoms with van der Waals surface area (Å²) >= 11 is 7.21. The Morgan fingerprint density at radius 2 is 2.41 bits per heavy atom. The molecule has 1 saturated heterocycles. The van der Waals surface area contributed by atoms with Crippen LogP contribution in [0.3, 0.4) is 0 Å². The number of aryl methyl sites for hydroxylation is 1. The van der Waals surface area contributed by atoms with Gasteiger partial charge in [-0.3, -0.25) is 4.79 Å². The fourth-order valence-corrected chi connectivity index (χ4v) is 3.33. The maximum Gasteiger partial charge on any atom is 0.264 e. The molecule has 7 heteroatoms. The highest BCUT2D eigenvalue weighted by atomic mass is 35.5. The van der Waals surface area contributed by atoms with Gasteiger partial charge in [0.15, 0.2) is 0 Å². The summed E-state index contributed by atoms with van der Waals surface area (Å²) in [6, 6.07) is 5.97. The quantitative estimate of drug-likeness (QED) is 0.932. The molecule has 1 fully saturated rings. The Morgan fingerprint density at radius 1 is 1.55 bits per heavy atom. The molecule has 2 aromatic rings. The number of hydrogen-bond donors (Lipinski definition) is 1. The highest BCUT2D eigenvalue weighted by Gasteiger charge is 2.24. The fourth-order valence-electron chi connectivity index (χ4n) is 2.73. The maximum atomic E-state index is 11.9. The fraction of sp³-hybridized carbons (Fsp3) is 0.400. The van der Waals surface area contributed by atoms with Crippen LogP contribution in [0.4, 0.5) is 5.69 Å². The van der Waals surface area contributed by atoms with E-state index in [1.54, 1.807) is 0 Å². The van der Waals surface area contributed by atoms with E-state index < -0.39 is 0 Å². The standard InChI is InChI=1S/C15H17ClN4OS/c1-10-2-3-12(16)6-13(10)20-5-4-11(9-20)7-17-15(21)14-8-18-19-22-14/h2-3,6,8,11H,4-5,7,9H2,1H3,(H,17,21)/t11-/m0/s1. The SMILES string of the molecule is Cc1ccc(Cl)cc1N1CC[C@@H](CNC(=O)c2cnns2)C1. The van der Waals surface area contributed by atoms with E-state index in [4.69, 9.17) is 11.6 Å². The number of hydrogen-bond acceptors (Lipinski definition) is 5. The number of halogens is 1. The van der Waals surface area contributed by atoms with Gasteiger partial charge in [0.2, 0.25) is 0 Å². The number of amides is 1. The second kappa shape index (κ2) is 6.62. The van der Waals surface area contributed by atoms with Crippen molar-refractivity contribution in [3.63, 3.8) is 0 Å². The first kappa shape index (κ1) is 15.2. The molecule has 22 heavy (non-hydrogen) atoms. The predicted molar refractivity (Wildman–Crippen MR) is 88.8 cm³/mol. The molecule has 3 rings (SSSR count). The van der Waals surface area contributed by atoms with Crippen molar-refractivity contribution in [2.24, 2.45) is 5.92 Å². The summed E-state index contributed by atoms with van der Waals surface area (Å²) in [6.45, 7) is 4.69. The molecule has 2 heterocycles. The first-order chi connectivity index (χ1) is 10.6. The number of rotatable bonds is 4. The minimum absolute atomic E-state index is 0.0904. The van der Waals surface area contributed by atoms with Crippen LogP contribution in [0.25, 0.3) is 0 Å². The van der Waals surface area contributed by atoms with Gasteiger partial charge in [-0.1, -0.05) is 22.2 Å². The van der Waals surface area contributed by atoms with Crippen molar-refractivity contribution in [1.82, 2.24) is 14.9 Å². The van der Waals surface area contributed by atoms with Gasteiger partial charge in [0, 0.05) is 30.3 Å². The monoisotopic (exact) mass is 336 g/mol. The number of aromatic nitrogens is 2. The molecular formula is C15H17ClN4OS. The lowest BCUT2D eigenvalue weighted by atomic mass is 10.1. The lowest BCUT2D eigenvalue weighted by Crippen LogP contribution is -2.30. The normalized spacial score (nSPS) is 17.7. The van der Waals surface area contributed by atoms with E-state index in [1.807, 2.05) is 18.2 Å². The molecule has 0 spiro atoms. The van der Waals surface area contributed by atoms with Crippen LogP contribution in [-0.4, -0.2) is 35.1 Å². The van der Waals surface area contributed by atoms with Crippen LogP contribution >= 0.6 is 23.1 Å². The Hall–Kier alpha value is -1.66. The van der Waals surface area contributed by atoms with Crippen molar-refractivity contribution in [2.45, 2.75) is 13.3 Å². The van der Waals surface area contributed by atoms with E-state index >= 15 is 0 Å². The zero-order valence-electron chi connectivity index (χ0n) is 12.3. The number of nitrogens with zero attached hydrogens (tertiary/aromatic N) is 3. The number of anilines is 1. The van der Waals surface area contributed by atoms with Crippen LogP contribution < -0.4 is 10.2 Å². The Bertz CT molecular complexity index is 662. The van der Waals surface area contributed by atoms with Crippen LogP contribution in [0.2, 0.25) is 5.02 Å². The Labute approximate surface area is 138 Å². The van der Waals surface area contributed by atoms with E-state index in [0.29, 0.717) is 17.3 Å². The third-order valence-corrected chi connectivity index (χ3v) is 4.83.